The van der Waals surface area contributed by atoms with E-state index in [4.69, 9.17) is 5.11 Å². The molecule has 0 atom stereocenters. The van der Waals surface area contributed by atoms with Crippen LogP contribution < -0.4 is 0 Å². The zero-order valence-corrected chi connectivity index (χ0v) is 8.54. The maximum absolute atomic E-state index is 11.2. The van der Waals surface area contributed by atoms with Crippen LogP contribution in [0.25, 0.3) is 0 Å². The second-order valence-electron chi connectivity index (χ2n) is 2.39. The van der Waals surface area contributed by atoms with E-state index in [-0.39, 0.29) is 0 Å². The molecular formula is C10H5BrO3. The van der Waals surface area contributed by atoms with E-state index in [0.29, 0.717) is 5.56 Å². The molecule has 0 spiro atoms. The molecule has 3 nitrogen and oxygen atoms in total. The second-order valence-corrected chi connectivity index (χ2v) is 3.31. The van der Waals surface area contributed by atoms with Crippen LogP contribution in [0.2, 0.25) is 0 Å². The number of halogens is 1. The predicted molar refractivity (Wildman–Crippen MR) is 53.9 cm³/mol. The highest BCUT2D eigenvalue weighted by Crippen LogP contribution is 2.10. The van der Waals surface area contributed by atoms with Crippen molar-refractivity contribution in [3.05, 3.63) is 34.3 Å². The SMILES string of the molecule is O=C(O)C#CC(=O)c1ccc(Br)cc1. The van der Waals surface area contributed by atoms with Crippen molar-refractivity contribution in [2.75, 3.05) is 0 Å². The van der Waals surface area contributed by atoms with Gasteiger partial charge in [0.25, 0.3) is 0 Å². The monoisotopic (exact) mass is 252 g/mol. The molecule has 0 bridgehead atoms. The first-order valence-electron chi connectivity index (χ1n) is 3.64. The average molecular weight is 253 g/mol. The number of carboxylic acid groups (broad SMARTS) is 1. The Balaban J connectivity index is 2.87. The molecule has 1 N–H and O–H groups in total. The van der Waals surface area contributed by atoms with Gasteiger partial charge in [-0.2, -0.15) is 0 Å². The van der Waals surface area contributed by atoms with Crippen LogP contribution in [0.15, 0.2) is 28.7 Å². The minimum atomic E-state index is -1.31. The molecule has 0 unspecified atom stereocenters. The van der Waals surface area contributed by atoms with Crippen molar-refractivity contribution in [2.45, 2.75) is 0 Å². The van der Waals surface area contributed by atoms with Crippen LogP contribution in [0, 0.1) is 11.8 Å². The number of carbonyl (C=O) groups excluding carboxylic acids is 1. The van der Waals surface area contributed by atoms with Gasteiger partial charge in [0.05, 0.1) is 0 Å². The minimum absolute atomic E-state index is 0.377. The van der Waals surface area contributed by atoms with Crippen LogP contribution in [-0.4, -0.2) is 16.9 Å². The number of rotatable bonds is 1. The van der Waals surface area contributed by atoms with Crippen LogP contribution in [0.3, 0.4) is 0 Å². The first-order chi connectivity index (χ1) is 6.59. The highest BCUT2D eigenvalue weighted by Gasteiger charge is 2.01. The smallest absolute Gasteiger partial charge is 0.382 e. The van der Waals surface area contributed by atoms with Gasteiger partial charge in [0, 0.05) is 16.0 Å². The zero-order valence-electron chi connectivity index (χ0n) is 6.95. The van der Waals surface area contributed by atoms with Crippen LogP contribution >= 0.6 is 15.9 Å². The van der Waals surface area contributed by atoms with Gasteiger partial charge < -0.3 is 5.11 Å². The third-order valence-corrected chi connectivity index (χ3v) is 1.92. The molecule has 0 aromatic heterocycles. The van der Waals surface area contributed by atoms with Gasteiger partial charge in [0.15, 0.2) is 0 Å². The Hall–Kier alpha value is -1.60. The maximum Gasteiger partial charge on any atom is 0.382 e. The van der Waals surface area contributed by atoms with Gasteiger partial charge in [-0.15, -0.1) is 0 Å². The molecule has 0 saturated carbocycles. The van der Waals surface area contributed by atoms with Gasteiger partial charge in [-0.1, -0.05) is 15.9 Å². The number of carboxylic acids is 1. The second kappa shape index (κ2) is 4.58. The molecule has 1 aromatic carbocycles. The molecule has 0 aliphatic rings. The summed E-state index contributed by atoms with van der Waals surface area (Å²) in [7, 11) is 0. The zero-order chi connectivity index (χ0) is 10.6. The Morgan fingerprint density at radius 3 is 2.21 bits per heavy atom. The number of aliphatic carboxylic acids is 1. The Labute approximate surface area is 88.9 Å². The molecule has 1 aromatic rings. The van der Waals surface area contributed by atoms with E-state index in [1.807, 2.05) is 5.92 Å². The molecule has 1 rings (SSSR count). The summed E-state index contributed by atoms with van der Waals surface area (Å²) < 4.78 is 0.847. The molecule has 70 valence electrons. The van der Waals surface area contributed by atoms with E-state index in [0.717, 1.165) is 4.47 Å². The van der Waals surface area contributed by atoms with Gasteiger partial charge >= 0.3 is 5.97 Å². The molecule has 0 heterocycles. The van der Waals surface area contributed by atoms with E-state index in [9.17, 15) is 9.59 Å². The van der Waals surface area contributed by atoms with Gasteiger partial charge in [0.1, 0.15) is 0 Å². The highest BCUT2D eigenvalue weighted by molar-refractivity contribution is 9.10. The minimum Gasteiger partial charge on any atom is -0.472 e. The summed E-state index contributed by atoms with van der Waals surface area (Å²) in [6.07, 6.45) is 0. The van der Waals surface area contributed by atoms with Crippen LogP contribution in [0.1, 0.15) is 10.4 Å². The van der Waals surface area contributed by atoms with Crippen molar-refractivity contribution in [2.24, 2.45) is 0 Å². The Kier molecular flexibility index (Phi) is 3.43. The third kappa shape index (κ3) is 3.04. The maximum atomic E-state index is 11.2. The third-order valence-electron chi connectivity index (χ3n) is 1.39. The molecule has 0 aliphatic heterocycles. The van der Waals surface area contributed by atoms with Crippen molar-refractivity contribution in [1.29, 1.82) is 0 Å². The van der Waals surface area contributed by atoms with Crippen molar-refractivity contribution in [1.82, 2.24) is 0 Å². The fourth-order valence-electron chi connectivity index (χ4n) is 0.784. The molecule has 0 saturated heterocycles. The largest absolute Gasteiger partial charge is 0.472 e. The molecule has 14 heavy (non-hydrogen) atoms. The van der Waals surface area contributed by atoms with Gasteiger partial charge in [-0.3, -0.25) is 4.79 Å². The van der Waals surface area contributed by atoms with Gasteiger partial charge in [0.2, 0.25) is 5.78 Å². The van der Waals surface area contributed by atoms with Gasteiger partial charge in [-0.25, -0.2) is 4.79 Å². The van der Waals surface area contributed by atoms with E-state index in [1.54, 1.807) is 30.2 Å². The molecule has 0 fully saturated rings. The summed E-state index contributed by atoms with van der Waals surface area (Å²) in [5, 5.41) is 8.22. The van der Waals surface area contributed by atoms with Crippen LogP contribution in [0.4, 0.5) is 0 Å². The van der Waals surface area contributed by atoms with Crippen LogP contribution in [-0.2, 0) is 4.79 Å². The first-order valence-corrected chi connectivity index (χ1v) is 4.44. The summed E-state index contributed by atoms with van der Waals surface area (Å²) in [6, 6.07) is 6.53. The summed E-state index contributed by atoms with van der Waals surface area (Å²) in [5.74, 6) is 1.97. The van der Waals surface area contributed by atoms with E-state index >= 15 is 0 Å². The lowest BCUT2D eigenvalue weighted by Crippen LogP contribution is -1.96. The molecule has 0 amide bonds. The molecule has 0 radical (unpaired) electrons. The quantitative estimate of drug-likeness (QED) is 0.471. The number of hydrogen-bond acceptors (Lipinski definition) is 2. The standard InChI is InChI=1S/C10H5BrO3/c11-8-3-1-7(2-4-8)9(12)5-6-10(13)14/h1-4H,(H,13,14). The number of Topliss-reactive ketones (excluding diaryl/α,β-unsaturated/α-hetero) is 1. The Bertz CT molecular complexity index is 423. The lowest BCUT2D eigenvalue weighted by molar-refractivity contribution is -0.130. The summed E-state index contributed by atoms with van der Waals surface area (Å²) in [4.78, 5) is 21.3. The lowest BCUT2D eigenvalue weighted by Gasteiger charge is -1.92. The van der Waals surface area contributed by atoms with E-state index < -0.39 is 11.8 Å². The van der Waals surface area contributed by atoms with E-state index in [2.05, 4.69) is 15.9 Å². The lowest BCUT2D eigenvalue weighted by atomic mass is 10.1. The summed E-state index contributed by atoms with van der Waals surface area (Å²) in [6.45, 7) is 0. The number of hydrogen-bond donors (Lipinski definition) is 1. The van der Waals surface area contributed by atoms with Gasteiger partial charge in [-0.05, 0) is 30.2 Å². The normalized spacial score (nSPS) is 8.64. The summed E-state index contributed by atoms with van der Waals surface area (Å²) in [5.41, 5.74) is 0.377. The fourth-order valence-corrected chi connectivity index (χ4v) is 1.05. The first kappa shape index (κ1) is 10.5. The van der Waals surface area contributed by atoms with Crippen LogP contribution in [0.5, 0.6) is 0 Å². The Morgan fingerprint density at radius 2 is 1.71 bits per heavy atom. The summed E-state index contributed by atoms with van der Waals surface area (Å²) >= 11 is 3.22. The van der Waals surface area contributed by atoms with Crippen molar-refractivity contribution >= 4 is 27.7 Å². The predicted octanol–water partition coefficient (Wildman–Crippen LogP) is 1.72. The molecule has 4 heteroatoms. The number of ketones is 1. The highest BCUT2D eigenvalue weighted by atomic mass is 79.9. The average Bonchev–Trinajstić information content (AvgIpc) is 2.15. The molecular weight excluding hydrogens is 248 g/mol. The van der Waals surface area contributed by atoms with Crippen molar-refractivity contribution in [3.63, 3.8) is 0 Å². The van der Waals surface area contributed by atoms with E-state index in [1.165, 1.54) is 0 Å². The topological polar surface area (TPSA) is 54.4 Å². The van der Waals surface area contributed by atoms with Crippen molar-refractivity contribution in [3.8, 4) is 11.8 Å². The number of benzene rings is 1. The van der Waals surface area contributed by atoms with Crippen molar-refractivity contribution < 1.29 is 14.7 Å². The Morgan fingerprint density at radius 1 is 1.14 bits per heavy atom. The molecule has 0 aliphatic carbocycles. The number of carbonyl (C=O) groups is 2. The fraction of sp³-hybridized carbons (Fsp3) is 0.